The summed E-state index contributed by atoms with van der Waals surface area (Å²) in [7, 11) is 0. The van der Waals surface area contributed by atoms with Crippen LogP contribution in [0.25, 0.3) is 0 Å². The van der Waals surface area contributed by atoms with Gasteiger partial charge in [-0.2, -0.15) is 13.2 Å². The molecule has 2 aromatic rings. The normalized spacial score (nSPS) is 12.7. The van der Waals surface area contributed by atoms with Gasteiger partial charge < -0.3 is 10.1 Å². The van der Waals surface area contributed by atoms with Crippen LogP contribution >= 0.6 is 11.3 Å². The number of hydrogen-bond donors (Lipinski definition) is 1. The maximum absolute atomic E-state index is 12.4. The molecule has 22 heavy (non-hydrogen) atoms. The summed E-state index contributed by atoms with van der Waals surface area (Å²) < 4.78 is 42.4. The van der Waals surface area contributed by atoms with Crippen molar-refractivity contribution in [2.75, 3.05) is 6.61 Å². The first-order chi connectivity index (χ1) is 10.4. The molecule has 0 aliphatic rings. The van der Waals surface area contributed by atoms with Gasteiger partial charge in [0.05, 0.1) is 11.6 Å². The summed E-state index contributed by atoms with van der Waals surface area (Å²) in [5.74, 6) is -0.118. The lowest BCUT2D eigenvalue weighted by Crippen LogP contribution is -2.30. The highest BCUT2D eigenvalue weighted by molar-refractivity contribution is 7.10. The van der Waals surface area contributed by atoms with Crippen molar-refractivity contribution in [3.8, 4) is 5.75 Å². The number of hydrogen-bond acceptors (Lipinski definition) is 3. The molecule has 0 radical (unpaired) electrons. The molecule has 3 nitrogen and oxygen atoms in total. The second-order valence-corrected chi connectivity index (χ2v) is 5.59. The van der Waals surface area contributed by atoms with Gasteiger partial charge in [0.2, 0.25) is 0 Å². The zero-order chi connectivity index (χ0) is 16.2. The standard InChI is InChI=1S/C15H14F3NO2S/c1-10(13-3-2-8-22-13)19-14(20)9-21-12-6-4-11(5-7-12)15(16,17)18/h2-8,10H,9H2,1H3,(H,19,20)/t10-/m0/s1. The van der Waals surface area contributed by atoms with Gasteiger partial charge >= 0.3 is 6.18 Å². The Morgan fingerprint density at radius 1 is 1.27 bits per heavy atom. The molecular weight excluding hydrogens is 315 g/mol. The average molecular weight is 329 g/mol. The van der Waals surface area contributed by atoms with Crippen LogP contribution in [0.3, 0.4) is 0 Å². The molecule has 1 aromatic carbocycles. The number of carbonyl (C=O) groups is 1. The summed E-state index contributed by atoms with van der Waals surface area (Å²) in [5, 5.41) is 4.67. The lowest BCUT2D eigenvalue weighted by Gasteiger charge is -2.13. The number of ether oxygens (including phenoxy) is 1. The fourth-order valence-corrected chi connectivity index (χ4v) is 2.52. The molecule has 0 aliphatic heterocycles. The molecule has 1 N–H and O–H groups in total. The lowest BCUT2D eigenvalue weighted by atomic mass is 10.2. The van der Waals surface area contributed by atoms with Crippen molar-refractivity contribution in [3.63, 3.8) is 0 Å². The van der Waals surface area contributed by atoms with Gasteiger partial charge in [-0.15, -0.1) is 11.3 Å². The topological polar surface area (TPSA) is 38.3 Å². The van der Waals surface area contributed by atoms with E-state index in [1.165, 1.54) is 23.5 Å². The number of amides is 1. The summed E-state index contributed by atoms with van der Waals surface area (Å²) in [4.78, 5) is 12.8. The van der Waals surface area contributed by atoms with Crippen LogP contribution in [0.1, 0.15) is 23.4 Å². The summed E-state index contributed by atoms with van der Waals surface area (Å²) in [6.07, 6.45) is -4.38. The number of nitrogens with one attached hydrogen (secondary N) is 1. The number of halogens is 3. The number of alkyl halides is 3. The van der Waals surface area contributed by atoms with Gasteiger partial charge in [-0.1, -0.05) is 6.07 Å². The first kappa shape index (κ1) is 16.4. The number of benzene rings is 1. The summed E-state index contributed by atoms with van der Waals surface area (Å²) in [6.45, 7) is 1.60. The first-order valence-corrected chi connectivity index (χ1v) is 7.37. The molecule has 118 valence electrons. The summed E-state index contributed by atoms with van der Waals surface area (Å²) in [5.41, 5.74) is -0.754. The van der Waals surface area contributed by atoms with Crippen molar-refractivity contribution in [3.05, 3.63) is 52.2 Å². The fourth-order valence-electron chi connectivity index (χ4n) is 1.78. The van der Waals surface area contributed by atoms with Crippen molar-refractivity contribution in [2.45, 2.75) is 19.1 Å². The third kappa shape index (κ3) is 4.49. The molecule has 0 bridgehead atoms. The van der Waals surface area contributed by atoms with Crippen molar-refractivity contribution in [1.82, 2.24) is 5.32 Å². The molecule has 0 saturated carbocycles. The lowest BCUT2D eigenvalue weighted by molar-refractivity contribution is -0.137. The van der Waals surface area contributed by atoms with Gasteiger partial charge in [0, 0.05) is 4.88 Å². The van der Waals surface area contributed by atoms with E-state index < -0.39 is 11.7 Å². The summed E-state index contributed by atoms with van der Waals surface area (Å²) in [6, 6.07) is 7.89. The average Bonchev–Trinajstić information content (AvgIpc) is 2.99. The van der Waals surface area contributed by atoms with Crippen molar-refractivity contribution < 1.29 is 22.7 Å². The van der Waals surface area contributed by atoms with Gasteiger partial charge in [0.25, 0.3) is 5.91 Å². The highest BCUT2D eigenvalue weighted by Crippen LogP contribution is 2.30. The minimum atomic E-state index is -4.38. The molecular formula is C15H14F3NO2S. The van der Waals surface area contributed by atoms with Crippen LogP contribution in [0.2, 0.25) is 0 Å². The molecule has 0 unspecified atom stereocenters. The minimum Gasteiger partial charge on any atom is -0.484 e. The molecule has 0 saturated heterocycles. The van der Waals surface area contributed by atoms with E-state index in [1.807, 2.05) is 24.4 Å². The van der Waals surface area contributed by atoms with Crippen LogP contribution in [0.15, 0.2) is 41.8 Å². The van der Waals surface area contributed by atoms with Crippen LogP contribution < -0.4 is 10.1 Å². The predicted octanol–water partition coefficient (Wildman–Crippen LogP) is 4.02. The Morgan fingerprint density at radius 3 is 2.50 bits per heavy atom. The van der Waals surface area contributed by atoms with E-state index in [1.54, 1.807) is 0 Å². The quantitative estimate of drug-likeness (QED) is 0.900. The third-order valence-electron chi connectivity index (χ3n) is 2.90. The van der Waals surface area contributed by atoms with E-state index in [-0.39, 0.29) is 24.3 Å². The van der Waals surface area contributed by atoms with Gasteiger partial charge in [-0.25, -0.2) is 0 Å². The van der Waals surface area contributed by atoms with E-state index in [2.05, 4.69) is 5.32 Å². The number of thiophene rings is 1. The maximum atomic E-state index is 12.4. The van der Waals surface area contributed by atoms with Crippen LogP contribution in [-0.2, 0) is 11.0 Å². The molecule has 2 rings (SSSR count). The second kappa shape index (κ2) is 6.83. The number of carbonyl (C=O) groups excluding carboxylic acids is 1. The monoisotopic (exact) mass is 329 g/mol. The van der Waals surface area contributed by atoms with E-state index in [4.69, 9.17) is 4.74 Å². The predicted molar refractivity (Wildman–Crippen MR) is 77.8 cm³/mol. The van der Waals surface area contributed by atoms with Crippen LogP contribution in [0, 0.1) is 0 Å². The SMILES string of the molecule is C[C@H](NC(=O)COc1ccc(C(F)(F)F)cc1)c1cccs1. The van der Waals surface area contributed by atoms with E-state index >= 15 is 0 Å². The zero-order valence-electron chi connectivity index (χ0n) is 11.7. The molecule has 1 aromatic heterocycles. The molecule has 0 fully saturated rings. The molecule has 0 aliphatic carbocycles. The Labute approximate surface area is 129 Å². The van der Waals surface area contributed by atoms with Crippen LogP contribution in [-0.4, -0.2) is 12.5 Å². The Hall–Kier alpha value is -2.02. The van der Waals surface area contributed by atoms with Gasteiger partial charge in [-0.05, 0) is 42.6 Å². The van der Waals surface area contributed by atoms with Crippen molar-refractivity contribution in [2.24, 2.45) is 0 Å². The highest BCUT2D eigenvalue weighted by atomic mass is 32.1. The zero-order valence-corrected chi connectivity index (χ0v) is 12.5. The Morgan fingerprint density at radius 2 is 1.95 bits per heavy atom. The van der Waals surface area contributed by atoms with E-state index in [0.29, 0.717) is 0 Å². The van der Waals surface area contributed by atoms with Crippen LogP contribution in [0.5, 0.6) is 5.75 Å². The van der Waals surface area contributed by atoms with E-state index in [9.17, 15) is 18.0 Å². The highest BCUT2D eigenvalue weighted by Gasteiger charge is 2.30. The molecule has 1 amide bonds. The Balaban J connectivity index is 1.83. The molecule has 1 atom stereocenters. The van der Waals surface area contributed by atoms with Gasteiger partial charge in [0.1, 0.15) is 5.75 Å². The fraction of sp³-hybridized carbons (Fsp3) is 0.267. The largest absolute Gasteiger partial charge is 0.484 e. The van der Waals surface area contributed by atoms with Crippen LogP contribution in [0.4, 0.5) is 13.2 Å². The number of rotatable bonds is 5. The van der Waals surface area contributed by atoms with Gasteiger partial charge in [-0.3, -0.25) is 4.79 Å². The third-order valence-corrected chi connectivity index (χ3v) is 3.95. The smallest absolute Gasteiger partial charge is 0.416 e. The second-order valence-electron chi connectivity index (χ2n) is 4.62. The molecule has 1 heterocycles. The van der Waals surface area contributed by atoms with Crippen molar-refractivity contribution in [1.29, 1.82) is 0 Å². The van der Waals surface area contributed by atoms with Crippen molar-refractivity contribution >= 4 is 17.2 Å². The van der Waals surface area contributed by atoms with Gasteiger partial charge in [0.15, 0.2) is 6.61 Å². The molecule has 0 spiro atoms. The summed E-state index contributed by atoms with van der Waals surface area (Å²) >= 11 is 1.53. The maximum Gasteiger partial charge on any atom is 0.416 e. The van der Waals surface area contributed by atoms with E-state index in [0.717, 1.165) is 17.0 Å². The Bertz CT molecular complexity index is 609. The first-order valence-electron chi connectivity index (χ1n) is 6.49. The molecule has 7 heteroatoms. The Kier molecular flexibility index (Phi) is 5.07. The minimum absolute atomic E-state index is 0.135.